The Morgan fingerprint density at radius 1 is 1.11 bits per heavy atom. The van der Waals surface area contributed by atoms with Crippen LogP contribution in [0.25, 0.3) is 4.85 Å². The van der Waals surface area contributed by atoms with Crippen molar-refractivity contribution in [3.05, 3.63) is 11.4 Å². The average Bonchev–Trinajstić information content (AvgIpc) is 2.57. The Morgan fingerprint density at radius 3 is 2.32 bits per heavy atom. The lowest BCUT2D eigenvalue weighted by molar-refractivity contribution is -0.219. The van der Waals surface area contributed by atoms with Crippen LogP contribution >= 0.6 is 11.6 Å². The van der Waals surface area contributed by atoms with Gasteiger partial charge in [0, 0.05) is 11.5 Å². The summed E-state index contributed by atoms with van der Waals surface area (Å²) in [6.07, 6.45) is 5.61. The Balaban J connectivity index is 2.02. The third-order valence-corrected chi connectivity index (χ3v) is 8.89. The molecule has 1 amide bonds. The molecular formula is C22H35ClN2O3. The Morgan fingerprint density at radius 2 is 1.75 bits per heavy atom. The minimum Gasteiger partial charge on any atom is -0.382 e. The van der Waals surface area contributed by atoms with Crippen LogP contribution in [-0.2, 0) is 9.53 Å². The molecule has 5 nitrogen and oxygen atoms in total. The number of hydrogen-bond acceptors (Lipinski definition) is 3. The van der Waals surface area contributed by atoms with Gasteiger partial charge in [0.1, 0.15) is 5.60 Å². The van der Waals surface area contributed by atoms with Crippen LogP contribution in [0.2, 0.25) is 0 Å². The number of carbonyl (C=O) groups is 1. The van der Waals surface area contributed by atoms with Crippen molar-refractivity contribution in [3.63, 3.8) is 0 Å². The first-order valence-corrected chi connectivity index (χ1v) is 11.0. The van der Waals surface area contributed by atoms with Crippen molar-refractivity contribution in [1.29, 1.82) is 0 Å². The summed E-state index contributed by atoms with van der Waals surface area (Å²) in [5.74, 6) is 0.265. The van der Waals surface area contributed by atoms with Gasteiger partial charge in [0.25, 0.3) is 6.04 Å². The molecule has 158 valence electrons. The third kappa shape index (κ3) is 3.46. The first kappa shape index (κ1) is 21.9. The van der Waals surface area contributed by atoms with Crippen LogP contribution in [0.4, 0.5) is 0 Å². The van der Waals surface area contributed by atoms with Crippen LogP contribution in [0.5, 0.6) is 0 Å². The number of alkyl halides is 1. The van der Waals surface area contributed by atoms with Crippen molar-refractivity contribution in [2.24, 2.45) is 17.8 Å². The van der Waals surface area contributed by atoms with Crippen LogP contribution in [0.1, 0.15) is 73.1 Å². The summed E-state index contributed by atoms with van der Waals surface area (Å²) in [6.45, 7) is 18.0. The molecule has 6 heteroatoms. The number of aliphatic hydroxyl groups is 1. The predicted molar refractivity (Wildman–Crippen MR) is 110 cm³/mol. The van der Waals surface area contributed by atoms with Crippen LogP contribution in [0.3, 0.4) is 0 Å². The Kier molecular flexibility index (Phi) is 5.58. The molecule has 28 heavy (non-hydrogen) atoms. The van der Waals surface area contributed by atoms with E-state index in [4.69, 9.17) is 22.9 Å². The molecule has 3 aliphatic rings. The van der Waals surface area contributed by atoms with Gasteiger partial charge in [0.05, 0.1) is 16.6 Å². The van der Waals surface area contributed by atoms with Gasteiger partial charge < -0.3 is 20.0 Å². The average molecular weight is 411 g/mol. The molecule has 0 unspecified atom stereocenters. The number of halogens is 1. The zero-order valence-corrected chi connectivity index (χ0v) is 18.6. The number of amides is 1. The molecule has 2 aliphatic carbocycles. The van der Waals surface area contributed by atoms with Crippen molar-refractivity contribution >= 4 is 18.0 Å². The number of carbonyl (C=O) groups excluding carboxylic acids is 1. The molecule has 0 radical (unpaired) electrons. The second-order valence-corrected chi connectivity index (χ2v) is 11.0. The largest absolute Gasteiger partial charge is 0.382 e. The highest BCUT2D eigenvalue weighted by molar-refractivity contribution is 6.21. The lowest BCUT2D eigenvalue weighted by Crippen LogP contribution is -2.67. The topological polar surface area (TPSA) is 62.9 Å². The standard InChI is InChI=1S/C22H35ClN2O3/c1-19(2)16(23)9-12-22(5,28-19)15-7-10-20(3,25-13-26)14-8-11-21(4,27)18(24-6)17(14)15/h13-18,27H,7-12H2,1-5H3,(H,25,26)/t14-,15-,16+,17-,18+,20-,21+,22+/m0/s1. The monoisotopic (exact) mass is 410 g/mol. The molecule has 1 saturated heterocycles. The molecule has 8 atom stereocenters. The maximum Gasteiger partial charge on any atom is 0.255 e. The summed E-state index contributed by atoms with van der Waals surface area (Å²) in [4.78, 5) is 15.3. The predicted octanol–water partition coefficient (Wildman–Crippen LogP) is 3.92. The number of nitrogens with zero attached hydrogens (tertiary/aromatic N) is 1. The van der Waals surface area contributed by atoms with E-state index in [1.165, 1.54) is 0 Å². The smallest absolute Gasteiger partial charge is 0.255 e. The lowest BCUT2D eigenvalue weighted by Gasteiger charge is -2.59. The zero-order chi connectivity index (χ0) is 21.0. The van der Waals surface area contributed by atoms with E-state index >= 15 is 0 Å². The van der Waals surface area contributed by atoms with Crippen molar-refractivity contribution in [3.8, 4) is 0 Å². The minimum absolute atomic E-state index is 0.0277. The second-order valence-electron chi connectivity index (χ2n) is 10.5. The molecule has 0 aromatic rings. The van der Waals surface area contributed by atoms with Crippen LogP contribution in [0, 0.1) is 24.3 Å². The lowest BCUT2D eigenvalue weighted by atomic mass is 9.51. The molecule has 1 aliphatic heterocycles. The molecule has 0 bridgehead atoms. The molecule has 0 aromatic heterocycles. The number of fused-ring (bicyclic) bond motifs is 1. The molecule has 1 heterocycles. The van der Waals surface area contributed by atoms with E-state index in [9.17, 15) is 9.90 Å². The van der Waals surface area contributed by atoms with Crippen LogP contribution < -0.4 is 5.32 Å². The van der Waals surface area contributed by atoms with E-state index < -0.39 is 22.8 Å². The van der Waals surface area contributed by atoms with E-state index in [1.807, 2.05) is 13.8 Å². The van der Waals surface area contributed by atoms with Crippen molar-refractivity contribution in [1.82, 2.24) is 5.32 Å². The summed E-state index contributed by atoms with van der Waals surface area (Å²) in [6, 6.07) is -0.499. The molecule has 3 rings (SSSR count). The van der Waals surface area contributed by atoms with Gasteiger partial charge in [-0.05, 0) is 85.0 Å². The highest BCUT2D eigenvalue weighted by atomic mass is 35.5. The molecule has 0 spiro atoms. The van der Waals surface area contributed by atoms with Gasteiger partial charge in [-0.25, -0.2) is 6.57 Å². The van der Waals surface area contributed by atoms with E-state index in [2.05, 4.69) is 24.0 Å². The minimum atomic E-state index is -1.02. The zero-order valence-electron chi connectivity index (χ0n) is 17.8. The summed E-state index contributed by atoms with van der Waals surface area (Å²) in [5.41, 5.74) is -2.19. The first-order valence-electron chi connectivity index (χ1n) is 10.5. The van der Waals surface area contributed by atoms with Crippen LogP contribution in [-0.4, -0.2) is 45.3 Å². The number of rotatable bonds is 3. The van der Waals surface area contributed by atoms with Gasteiger partial charge in [-0.2, -0.15) is 0 Å². The maximum atomic E-state index is 11.3. The fourth-order valence-electron chi connectivity index (χ4n) is 6.49. The van der Waals surface area contributed by atoms with Crippen molar-refractivity contribution < 1.29 is 14.6 Å². The van der Waals surface area contributed by atoms with E-state index in [-0.39, 0.29) is 28.7 Å². The van der Waals surface area contributed by atoms with Gasteiger partial charge >= 0.3 is 0 Å². The summed E-state index contributed by atoms with van der Waals surface area (Å²) in [5, 5.41) is 14.1. The third-order valence-electron chi connectivity index (χ3n) is 8.14. The normalized spacial score (nSPS) is 50.9. The fourth-order valence-corrected chi connectivity index (χ4v) is 6.64. The highest BCUT2D eigenvalue weighted by Crippen LogP contribution is 2.57. The molecular weight excluding hydrogens is 376 g/mol. The Hall–Kier alpha value is -0.830. The van der Waals surface area contributed by atoms with E-state index in [0.717, 1.165) is 38.5 Å². The molecule has 3 fully saturated rings. The summed E-state index contributed by atoms with van der Waals surface area (Å²) in [7, 11) is 0. The number of hydrogen-bond donors (Lipinski definition) is 2. The summed E-state index contributed by atoms with van der Waals surface area (Å²) >= 11 is 6.54. The summed E-state index contributed by atoms with van der Waals surface area (Å²) < 4.78 is 6.64. The van der Waals surface area contributed by atoms with Gasteiger partial charge in [-0.15, -0.1) is 11.6 Å². The first-order chi connectivity index (χ1) is 12.9. The second kappa shape index (κ2) is 7.15. The maximum absolute atomic E-state index is 11.3. The van der Waals surface area contributed by atoms with Gasteiger partial charge in [-0.1, -0.05) is 0 Å². The van der Waals surface area contributed by atoms with Crippen LogP contribution in [0.15, 0.2) is 0 Å². The highest BCUT2D eigenvalue weighted by Gasteiger charge is 2.63. The fraction of sp³-hybridized carbons (Fsp3) is 0.909. The van der Waals surface area contributed by atoms with Crippen molar-refractivity contribution in [2.75, 3.05) is 0 Å². The quantitative estimate of drug-likeness (QED) is 0.421. The molecule has 2 N–H and O–H groups in total. The molecule has 2 saturated carbocycles. The number of ether oxygens (including phenoxy) is 1. The van der Waals surface area contributed by atoms with Gasteiger partial charge in [0.2, 0.25) is 6.41 Å². The number of nitrogens with one attached hydrogen (secondary N) is 1. The van der Waals surface area contributed by atoms with E-state index in [0.29, 0.717) is 6.42 Å². The molecule has 0 aromatic carbocycles. The Bertz CT molecular complexity index is 661. The van der Waals surface area contributed by atoms with E-state index in [1.54, 1.807) is 6.92 Å². The van der Waals surface area contributed by atoms with Gasteiger partial charge in [0.15, 0.2) is 0 Å². The SMILES string of the molecule is [C-]#[N+][C@@H]1[C@@H]2[C@@H]([C@@]3(C)CC[C@@H](Cl)C(C)(C)O3)CC[C@](C)(NC=O)[C@H]2CC[C@@]1(C)O. The Labute approximate surface area is 174 Å². The van der Waals surface area contributed by atoms with Gasteiger partial charge in [-0.3, -0.25) is 4.79 Å². The van der Waals surface area contributed by atoms with Crippen molar-refractivity contribution in [2.45, 2.75) is 107 Å².